The summed E-state index contributed by atoms with van der Waals surface area (Å²) in [6.07, 6.45) is 3.59. The number of piperidine rings is 1. The fourth-order valence-corrected chi connectivity index (χ4v) is 2.97. The van der Waals surface area contributed by atoms with Gasteiger partial charge in [0.15, 0.2) is 0 Å². The zero-order valence-electron chi connectivity index (χ0n) is 14.0. The second kappa shape index (κ2) is 5.89. The minimum Gasteiger partial charge on any atom is -0.444 e. The van der Waals surface area contributed by atoms with Crippen molar-refractivity contribution in [3.63, 3.8) is 0 Å². The maximum Gasteiger partial charge on any atom is 0.410 e. The van der Waals surface area contributed by atoms with Gasteiger partial charge in [-0.05, 0) is 45.3 Å². The van der Waals surface area contributed by atoms with Crippen LogP contribution in [0.15, 0.2) is 36.4 Å². The molecule has 1 spiro atoms. The van der Waals surface area contributed by atoms with E-state index in [1.165, 1.54) is 0 Å². The highest BCUT2D eigenvalue weighted by Gasteiger charge is 2.42. The largest absolute Gasteiger partial charge is 0.444 e. The van der Waals surface area contributed by atoms with Gasteiger partial charge in [-0.25, -0.2) is 4.79 Å². The first kappa shape index (κ1) is 15.9. The van der Waals surface area contributed by atoms with Gasteiger partial charge in [0.1, 0.15) is 11.2 Å². The van der Waals surface area contributed by atoms with Gasteiger partial charge in [-0.3, -0.25) is 10.3 Å². The maximum absolute atomic E-state index is 12.3. The molecule has 0 radical (unpaired) electrons. The Morgan fingerprint density at radius 2 is 2.04 bits per heavy atom. The predicted molar refractivity (Wildman–Crippen MR) is 88.4 cm³/mol. The molecular weight excluding hydrogens is 292 g/mol. The van der Waals surface area contributed by atoms with Gasteiger partial charge in [0.2, 0.25) is 0 Å². The number of hydrogen-bond acceptors (Lipinski definition) is 4. The Bertz CT molecular complexity index is 606. The van der Waals surface area contributed by atoms with Crippen molar-refractivity contribution in [2.75, 3.05) is 13.1 Å². The summed E-state index contributed by atoms with van der Waals surface area (Å²) in [7, 11) is 0. The number of likely N-dealkylation sites (tertiary alicyclic amines) is 1. The number of nitrogens with zero attached hydrogens (tertiary/aromatic N) is 1. The molecule has 0 aromatic heterocycles. The Balaban J connectivity index is 1.73. The number of amides is 1. The molecule has 1 aromatic rings. The van der Waals surface area contributed by atoms with Crippen LogP contribution in [0.2, 0.25) is 0 Å². The Morgan fingerprint density at radius 3 is 2.74 bits per heavy atom. The zero-order chi connectivity index (χ0) is 16.5. The molecule has 5 heteroatoms. The molecule has 1 aromatic carbocycles. The quantitative estimate of drug-likeness (QED) is 0.863. The molecule has 5 nitrogen and oxygen atoms in total. The molecular formula is C18H24N2O3. The lowest BCUT2D eigenvalue weighted by Gasteiger charge is -2.38. The molecule has 0 aliphatic carbocycles. The fraction of sp³-hybridized carbons (Fsp3) is 0.500. The van der Waals surface area contributed by atoms with E-state index >= 15 is 0 Å². The van der Waals surface area contributed by atoms with Crippen LogP contribution in [-0.2, 0) is 9.57 Å². The number of hydroxylamine groups is 1. The topological polar surface area (TPSA) is 50.8 Å². The lowest BCUT2D eigenvalue weighted by molar-refractivity contribution is -0.0775. The van der Waals surface area contributed by atoms with Crippen LogP contribution in [0.5, 0.6) is 0 Å². The Hall–Kier alpha value is -2.01. The van der Waals surface area contributed by atoms with E-state index in [0.29, 0.717) is 13.1 Å². The van der Waals surface area contributed by atoms with Crippen molar-refractivity contribution < 1.29 is 14.4 Å². The molecule has 3 rings (SSSR count). The lowest BCUT2D eigenvalue weighted by Crippen LogP contribution is -2.51. The summed E-state index contributed by atoms with van der Waals surface area (Å²) >= 11 is 0. The molecule has 0 bridgehead atoms. The lowest BCUT2D eigenvalue weighted by atomic mass is 9.92. The maximum atomic E-state index is 12.3. The Labute approximate surface area is 137 Å². The Kier molecular flexibility index (Phi) is 4.06. The number of benzene rings is 1. The molecule has 2 heterocycles. The van der Waals surface area contributed by atoms with Crippen LogP contribution in [0.25, 0.3) is 5.70 Å². The summed E-state index contributed by atoms with van der Waals surface area (Å²) in [4.78, 5) is 19.9. The van der Waals surface area contributed by atoms with Gasteiger partial charge < -0.3 is 9.64 Å². The van der Waals surface area contributed by atoms with Crippen LogP contribution in [0, 0.1) is 0 Å². The van der Waals surface area contributed by atoms with Crippen LogP contribution >= 0.6 is 0 Å². The van der Waals surface area contributed by atoms with Crippen LogP contribution in [0.3, 0.4) is 0 Å². The molecule has 1 fully saturated rings. The summed E-state index contributed by atoms with van der Waals surface area (Å²) in [6.45, 7) is 6.85. The number of nitrogens with one attached hydrogen (secondary N) is 1. The SMILES string of the molecule is CC(C)(C)OC(=O)N1CCCC2(C=C(c3ccccc3)NO2)C1. The molecule has 1 atom stereocenters. The number of hydrogen-bond donors (Lipinski definition) is 1. The van der Waals surface area contributed by atoms with E-state index in [-0.39, 0.29) is 6.09 Å². The molecule has 124 valence electrons. The van der Waals surface area contributed by atoms with Gasteiger partial charge >= 0.3 is 6.09 Å². The normalized spacial score (nSPS) is 24.3. The summed E-state index contributed by atoms with van der Waals surface area (Å²) in [5, 5.41) is 0. The predicted octanol–water partition coefficient (Wildman–Crippen LogP) is 3.33. The van der Waals surface area contributed by atoms with Crippen molar-refractivity contribution in [2.24, 2.45) is 0 Å². The van der Waals surface area contributed by atoms with E-state index in [2.05, 4.69) is 11.6 Å². The van der Waals surface area contributed by atoms with Gasteiger partial charge in [-0.1, -0.05) is 30.3 Å². The van der Waals surface area contributed by atoms with Crippen LogP contribution in [0.1, 0.15) is 39.2 Å². The van der Waals surface area contributed by atoms with Crippen molar-refractivity contribution >= 4 is 11.8 Å². The number of carbonyl (C=O) groups is 1. The van der Waals surface area contributed by atoms with Gasteiger partial charge in [0.25, 0.3) is 0 Å². The molecule has 1 saturated heterocycles. The second-order valence-electron chi connectivity index (χ2n) is 7.20. The summed E-state index contributed by atoms with van der Waals surface area (Å²) < 4.78 is 5.48. The third-order valence-electron chi connectivity index (χ3n) is 3.99. The number of ether oxygens (including phenoxy) is 1. The van der Waals surface area contributed by atoms with Gasteiger partial charge in [-0.15, -0.1) is 0 Å². The average Bonchev–Trinajstić information content (AvgIpc) is 2.90. The van der Waals surface area contributed by atoms with Crippen LogP contribution in [0.4, 0.5) is 4.79 Å². The van der Waals surface area contributed by atoms with Crippen LogP contribution < -0.4 is 5.48 Å². The van der Waals surface area contributed by atoms with Crippen molar-refractivity contribution in [2.45, 2.75) is 44.8 Å². The summed E-state index contributed by atoms with van der Waals surface area (Å²) in [6, 6.07) is 10.1. The van der Waals surface area contributed by atoms with Crippen LogP contribution in [-0.4, -0.2) is 35.3 Å². The van der Waals surface area contributed by atoms with Gasteiger partial charge in [0.05, 0.1) is 12.2 Å². The highest BCUT2D eigenvalue weighted by molar-refractivity contribution is 5.70. The van der Waals surface area contributed by atoms with E-state index in [0.717, 1.165) is 24.1 Å². The van der Waals surface area contributed by atoms with Gasteiger partial charge in [-0.2, -0.15) is 0 Å². The first-order chi connectivity index (χ1) is 10.9. The number of rotatable bonds is 1. The van der Waals surface area contributed by atoms with Crippen molar-refractivity contribution in [1.29, 1.82) is 0 Å². The van der Waals surface area contributed by atoms with Crippen molar-refractivity contribution in [3.8, 4) is 0 Å². The zero-order valence-corrected chi connectivity index (χ0v) is 14.0. The highest BCUT2D eigenvalue weighted by atomic mass is 16.7. The molecule has 0 saturated carbocycles. The van der Waals surface area contributed by atoms with Gasteiger partial charge in [0, 0.05) is 6.54 Å². The van der Waals surface area contributed by atoms with E-state index in [1.807, 2.05) is 51.1 Å². The standard InChI is InChI=1S/C18H24N2O3/c1-17(2,3)22-16(21)20-11-7-10-18(13-20)12-15(19-23-18)14-8-5-4-6-9-14/h4-6,8-9,12,19H,7,10-11,13H2,1-3H3. The molecule has 23 heavy (non-hydrogen) atoms. The molecule has 2 aliphatic heterocycles. The smallest absolute Gasteiger partial charge is 0.410 e. The van der Waals surface area contributed by atoms with E-state index in [9.17, 15) is 4.79 Å². The summed E-state index contributed by atoms with van der Waals surface area (Å²) in [5.74, 6) is 0. The molecule has 2 aliphatic rings. The minimum atomic E-state index is -0.485. The minimum absolute atomic E-state index is 0.276. The fourth-order valence-electron chi connectivity index (χ4n) is 2.97. The van der Waals surface area contributed by atoms with E-state index in [1.54, 1.807) is 4.90 Å². The monoisotopic (exact) mass is 316 g/mol. The third-order valence-corrected chi connectivity index (χ3v) is 3.99. The molecule has 1 N–H and O–H groups in total. The third kappa shape index (κ3) is 3.67. The average molecular weight is 316 g/mol. The van der Waals surface area contributed by atoms with E-state index in [4.69, 9.17) is 9.57 Å². The first-order valence-corrected chi connectivity index (χ1v) is 8.07. The highest BCUT2D eigenvalue weighted by Crippen LogP contribution is 2.34. The second-order valence-corrected chi connectivity index (χ2v) is 7.20. The van der Waals surface area contributed by atoms with Crippen molar-refractivity contribution in [3.05, 3.63) is 42.0 Å². The molecule has 1 unspecified atom stereocenters. The number of carbonyl (C=O) groups excluding carboxylic acids is 1. The summed E-state index contributed by atoms with van der Waals surface area (Å²) in [5.41, 5.74) is 4.10. The first-order valence-electron chi connectivity index (χ1n) is 8.07. The Morgan fingerprint density at radius 1 is 1.30 bits per heavy atom. The van der Waals surface area contributed by atoms with E-state index < -0.39 is 11.2 Å². The van der Waals surface area contributed by atoms with Crippen molar-refractivity contribution in [1.82, 2.24) is 10.4 Å². The molecule has 1 amide bonds.